The highest BCUT2D eigenvalue weighted by Gasteiger charge is 2.27. The maximum atomic E-state index is 11.9. The van der Waals surface area contributed by atoms with Gasteiger partial charge in [0.05, 0.1) is 0 Å². The normalized spacial score (nSPS) is 19.4. The lowest BCUT2D eigenvalue weighted by atomic mass is 10.1. The monoisotopic (exact) mass is 339 g/mol. The van der Waals surface area contributed by atoms with E-state index in [1.165, 1.54) is 5.56 Å². The zero-order chi connectivity index (χ0) is 14.7. The summed E-state index contributed by atoms with van der Waals surface area (Å²) in [6, 6.07) is 6.58. The first-order valence-electron chi connectivity index (χ1n) is 7.05. The first kappa shape index (κ1) is 15.3. The summed E-state index contributed by atoms with van der Waals surface area (Å²) in [5.41, 5.74) is 2.36. The number of amides is 1. The molecule has 0 saturated carbocycles. The van der Waals surface area contributed by atoms with Crippen LogP contribution >= 0.6 is 15.9 Å². The molecule has 110 valence electrons. The molecule has 1 aliphatic heterocycles. The zero-order valence-corrected chi connectivity index (χ0v) is 13.8. The Kier molecular flexibility index (Phi) is 5.05. The van der Waals surface area contributed by atoms with Crippen LogP contribution in [0.5, 0.6) is 0 Å². The van der Waals surface area contributed by atoms with Gasteiger partial charge in [0, 0.05) is 35.8 Å². The number of piperazine rings is 1. The molecule has 0 radical (unpaired) electrons. The lowest BCUT2D eigenvalue weighted by Gasteiger charge is -2.36. The van der Waals surface area contributed by atoms with Gasteiger partial charge in [-0.25, -0.2) is 0 Å². The van der Waals surface area contributed by atoms with Gasteiger partial charge < -0.3 is 15.5 Å². The van der Waals surface area contributed by atoms with Crippen molar-refractivity contribution in [3.8, 4) is 0 Å². The van der Waals surface area contributed by atoms with Crippen molar-refractivity contribution >= 4 is 27.5 Å². The van der Waals surface area contributed by atoms with Crippen LogP contribution in [0.1, 0.15) is 26.3 Å². The van der Waals surface area contributed by atoms with Gasteiger partial charge in [0.15, 0.2) is 0 Å². The summed E-state index contributed by atoms with van der Waals surface area (Å²) >= 11 is 3.53. The summed E-state index contributed by atoms with van der Waals surface area (Å²) in [6.07, 6.45) is 0. The number of hydrogen-bond donors (Lipinski definition) is 2. The average Bonchev–Trinajstić information content (AvgIpc) is 2.40. The van der Waals surface area contributed by atoms with Crippen LogP contribution in [-0.2, 0) is 11.3 Å². The highest BCUT2D eigenvalue weighted by Crippen LogP contribution is 2.27. The summed E-state index contributed by atoms with van der Waals surface area (Å²) in [6.45, 7) is 8.58. The van der Waals surface area contributed by atoms with Crippen LogP contribution in [0, 0.1) is 0 Å². The number of halogens is 1. The molecule has 1 aromatic carbocycles. The molecular weight excluding hydrogens is 318 g/mol. The lowest BCUT2D eigenvalue weighted by Crippen LogP contribution is -2.54. The Labute approximate surface area is 129 Å². The Bertz CT molecular complexity index is 490. The van der Waals surface area contributed by atoms with Crippen molar-refractivity contribution < 1.29 is 4.79 Å². The number of anilines is 1. The second-order valence-corrected chi connectivity index (χ2v) is 6.38. The van der Waals surface area contributed by atoms with Crippen LogP contribution < -0.4 is 15.5 Å². The molecule has 1 heterocycles. The minimum Gasteiger partial charge on any atom is -0.358 e. The van der Waals surface area contributed by atoms with Crippen molar-refractivity contribution in [1.29, 1.82) is 0 Å². The van der Waals surface area contributed by atoms with Crippen LogP contribution in [-0.4, -0.2) is 31.1 Å². The van der Waals surface area contributed by atoms with E-state index in [0.29, 0.717) is 12.6 Å². The van der Waals surface area contributed by atoms with Crippen molar-refractivity contribution in [2.24, 2.45) is 0 Å². The molecule has 1 unspecified atom stereocenters. The van der Waals surface area contributed by atoms with E-state index in [1.807, 2.05) is 6.92 Å². The average molecular weight is 340 g/mol. The number of carbonyl (C=O) groups is 1. The molecule has 5 heteroatoms. The van der Waals surface area contributed by atoms with Crippen LogP contribution in [0.25, 0.3) is 0 Å². The molecular formula is C15H22BrN3O. The van der Waals surface area contributed by atoms with E-state index in [9.17, 15) is 4.79 Å². The first-order chi connectivity index (χ1) is 9.49. The van der Waals surface area contributed by atoms with E-state index in [4.69, 9.17) is 0 Å². The molecule has 1 atom stereocenters. The fraction of sp³-hybridized carbons (Fsp3) is 0.533. The molecule has 2 rings (SSSR count). The molecule has 2 N–H and O–H groups in total. The molecule has 4 nitrogen and oxygen atoms in total. The topological polar surface area (TPSA) is 44.4 Å². The molecule has 1 saturated heterocycles. The zero-order valence-electron chi connectivity index (χ0n) is 12.2. The van der Waals surface area contributed by atoms with Gasteiger partial charge in [0.2, 0.25) is 5.91 Å². The number of rotatable bonds is 4. The fourth-order valence-electron chi connectivity index (χ4n) is 2.38. The predicted octanol–water partition coefficient (Wildman–Crippen LogP) is 2.27. The van der Waals surface area contributed by atoms with Crippen LogP contribution in [0.2, 0.25) is 0 Å². The van der Waals surface area contributed by atoms with Gasteiger partial charge >= 0.3 is 0 Å². The fourth-order valence-corrected chi connectivity index (χ4v) is 2.73. The Balaban J connectivity index is 2.28. The second kappa shape index (κ2) is 6.59. The van der Waals surface area contributed by atoms with Crippen molar-refractivity contribution in [2.75, 3.05) is 18.0 Å². The molecule has 1 amide bonds. The maximum Gasteiger partial charge on any atom is 0.242 e. The minimum atomic E-state index is -0.129. The molecule has 0 spiro atoms. The van der Waals surface area contributed by atoms with Crippen molar-refractivity contribution in [1.82, 2.24) is 10.6 Å². The number of benzene rings is 1. The van der Waals surface area contributed by atoms with Crippen LogP contribution in [0.4, 0.5) is 5.69 Å². The Morgan fingerprint density at radius 3 is 2.95 bits per heavy atom. The quantitative estimate of drug-likeness (QED) is 0.884. The van der Waals surface area contributed by atoms with Gasteiger partial charge in [0.25, 0.3) is 0 Å². The largest absolute Gasteiger partial charge is 0.358 e. The molecule has 0 aromatic heterocycles. The third kappa shape index (κ3) is 3.52. The van der Waals surface area contributed by atoms with Gasteiger partial charge in [-0.3, -0.25) is 4.79 Å². The SMILES string of the molecule is CC(C)NCc1ccc(Br)cc1N1CCNC(=O)C1C. The highest BCUT2D eigenvalue weighted by atomic mass is 79.9. The van der Waals surface area contributed by atoms with Crippen LogP contribution in [0.15, 0.2) is 22.7 Å². The molecule has 1 aliphatic rings. The maximum absolute atomic E-state index is 11.9. The first-order valence-corrected chi connectivity index (χ1v) is 7.84. The smallest absolute Gasteiger partial charge is 0.242 e. The second-order valence-electron chi connectivity index (χ2n) is 5.47. The van der Waals surface area contributed by atoms with Crippen LogP contribution in [0.3, 0.4) is 0 Å². The number of nitrogens with zero attached hydrogens (tertiary/aromatic N) is 1. The number of hydrogen-bond acceptors (Lipinski definition) is 3. The Morgan fingerprint density at radius 1 is 1.50 bits per heavy atom. The van der Waals surface area contributed by atoms with E-state index >= 15 is 0 Å². The van der Waals surface area contributed by atoms with Gasteiger partial charge in [-0.05, 0) is 24.6 Å². The van der Waals surface area contributed by atoms with E-state index in [0.717, 1.165) is 23.2 Å². The van der Waals surface area contributed by atoms with Gasteiger partial charge in [-0.2, -0.15) is 0 Å². The number of carbonyl (C=O) groups excluding carboxylic acids is 1. The van der Waals surface area contributed by atoms with E-state index in [-0.39, 0.29) is 11.9 Å². The third-order valence-corrected chi connectivity index (χ3v) is 4.05. The lowest BCUT2D eigenvalue weighted by molar-refractivity contribution is -0.122. The summed E-state index contributed by atoms with van der Waals surface area (Å²) in [4.78, 5) is 14.0. The Morgan fingerprint density at radius 2 is 2.25 bits per heavy atom. The molecule has 1 aromatic rings. The van der Waals surface area contributed by atoms with E-state index in [1.54, 1.807) is 0 Å². The number of nitrogens with one attached hydrogen (secondary N) is 2. The van der Waals surface area contributed by atoms with Crippen molar-refractivity contribution in [3.05, 3.63) is 28.2 Å². The summed E-state index contributed by atoms with van der Waals surface area (Å²) in [5, 5.41) is 6.35. The molecule has 0 bridgehead atoms. The minimum absolute atomic E-state index is 0.0963. The van der Waals surface area contributed by atoms with Gasteiger partial charge in [-0.1, -0.05) is 35.8 Å². The Hall–Kier alpha value is -1.07. The van der Waals surface area contributed by atoms with Gasteiger partial charge in [0.1, 0.15) is 6.04 Å². The van der Waals surface area contributed by atoms with Crippen molar-refractivity contribution in [3.63, 3.8) is 0 Å². The van der Waals surface area contributed by atoms with Crippen molar-refractivity contribution in [2.45, 2.75) is 39.4 Å². The third-order valence-electron chi connectivity index (χ3n) is 3.56. The van der Waals surface area contributed by atoms with E-state index in [2.05, 4.69) is 63.5 Å². The van der Waals surface area contributed by atoms with E-state index < -0.39 is 0 Å². The predicted molar refractivity (Wildman–Crippen MR) is 85.9 cm³/mol. The molecule has 0 aliphatic carbocycles. The highest BCUT2D eigenvalue weighted by molar-refractivity contribution is 9.10. The summed E-state index contributed by atoms with van der Waals surface area (Å²) < 4.78 is 1.04. The standard InChI is InChI=1S/C15H22BrN3O/c1-10(2)18-9-12-4-5-13(16)8-14(12)19-7-6-17-15(20)11(19)3/h4-5,8,10-11,18H,6-7,9H2,1-3H3,(H,17,20). The van der Waals surface area contributed by atoms with Gasteiger partial charge in [-0.15, -0.1) is 0 Å². The molecule has 1 fully saturated rings. The summed E-state index contributed by atoms with van der Waals surface area (Å²) in [7, 11) is 0. The summed E-state index contributed by atoms with van der Waals surface area (Å²) in [5.74, 6) is 0.0963. The molecule has 20 heavy (non-hydrogen) atoms.